The number of para-hydroxylation sites is 1. The van der Waals surface area contributed by atoms with E-state index in [0.717, 1.165) is 33.2 Å². The number of hydrogen-bond acceptors (Lipinski definition) is 3. The van der Waals surface area contributed by atoms with Crippen LogP contribution in [0.25, 0.3) is 12.2 Å². The summed E-state index contributed by atoms with van der Waals surface area (Å²) in [5.74, 6) is 0.0233. The standard InChI is InChI=1S/C20H18N4O/c1-12(13-6-8-15(21)9-7-13)19-17(20(25)24-23-19)11-16-10-14-4-2-3-5-18(14)22-16/h2-12H,21H2,1H3,(H2,23,24,25). The molecule has 5 heteroatoms. The van der Waals surface area contributed by atoms with Crippen molar-refractivity contribution >= 4 is 17.8 Å². The molecule has 0 aliphatic carbocycles. The molecule has 3 aromatic rings. The lowest BCUT2D eigenvalue weighted by atomic mass is 9.95. The summed E-state index contributed by atoms with van der Waals surface area (Å²) in [7, 11) is 0. The second-order valence-electron chi connectivity index (χ2n) is 6.18. The summed E-state index contributed by atoms with van der Waals surface area (Å²) in [6.45, 7) is 2.05. The van der Waals surface area contributed by atoms with Gasteiger partial charge in [-0.15, -0.1) is 0 Å². The molecule has 2 heterocycles. The molecule has 0 saturated heterocycles. The monoisotopic (exact) mass is 330 g/mol. The number of nitrogens with zero attached hydrogens (tertiary/aromatic N) is 1. The van der Waals surface area contributed by atoms with Crippen molar-refractivity contribution in [2.24, 2.45) is 4.99 Å². The Morgan fingerprint density at radius 3 is 2.60 bits per heavy atom. The van der Waals surface area contributed by atoms with Crippen LogP contribution in [0.15, 0.2) is 64.0 Å². The highest BCUT2D eigenvalue weighted by atomic mass is 16.1. The number of nitrogens with two attached hydrogens (primary N) is 1. The van der Waals surface area contributed by atoms with Gasteiger partial charge in [-0.1, -0.05) is 37.3 Å². The summed E-state index contributed by atoms with van der Waals surface area (Å²) < 4.78 is 0. The average Bonchev–Trinajstić information content (AvgIpc) is 3.19. The second-order valence-corrected chi connectivity index (χ2v) is 6.18. The minimum absolute atomic E-state index is 0.0233. The van der Waals surface area contributed by atoms with Crippen molar-refractivity contribution < 1.29 is 0 Å². The Hall–Kier alpha value is -3.34. The van der Waals surface area contributed by atoms with Crippen LogP contribution >= 0.6 is 0 Å². The molecule has 1 unspecified atom stereocenters. The molecule has 5 nitrogen and oxygen atoms in total. The fourth-order valence-electron chi connectivity index (χ4n) is 3.08. The van der Waals surface area contributed by atoms with E-state index < -0.39 is 0 Å². The van der Waals surface area contributed by atoms with Gasteiger partial charge in [0.1, 0.15) is 0 Å². The molecule has 1 atom stereocenters. The molecule has 0 bridgehead atoms. The molecule has 0 radical (unpaired) electrons. The maximum Gasteiger partial charge on any atom is 0.271 e. The smallest absolute Gasteiger partial charge is 0.271 e. The lowest BCUT2D eigenvalue weighted by molar-refractivity contribution is 0.851. The van der Waals surface area contributed by atoms with Crippen LogP contribution in [0, 0.1) is 0 Å². The highest BCUT2D eigenvalue weighted by Crippen LogP contribution is 2.26. The van der Waals surface area contributed by atoms with E-state index >= 15 is 0 Å². The normalized spacial score (nSPS) is 15.5. The number of H-pyrrole nitrogens is 2. The lowest BCUT2D eigenvalue weighted by Crippen LogP contribution is -2.19. The molecule has 4 rings (SSSR count). The third-order valence-electron chi connectivity index (χ3n) is 4.50. The largest absolute Gasteiger partial charge is 0.399 e. The van der Waals surface area contributed by atoms with Gasteiger partial charge in [0, 0.05) is 16.8 Å². The van der Waals surface area contributed by atoms with Crippen LogP contribution in [0.5, 0.6) is 0 Å². The Morgan fingerprint density at radius 1 is 1.08 bits per heavy atom. The first-order chi connectivity index (χ1) is 12.1. The minimum atomic E-state index is -0.149. The first-order valence-electron chi connectivity index (χ1n) is 8.15. The Labute approximate surface area is 144 Å². The number of hydrogen-bond donors (Lipinski definition) is 3. The summed E-state index contributed by atoms with van der Waals surface area (Å²) >= 11 is 0. The highest BCUT2D eigenvalue weighted by molar-refractivity contribution is 5.67. The third kappa shape index (κ3) is 2.80. The van der Waals surface area contributed by atoms with Gasteiger partial charge in [0.25, 0.3) is 5.56 Å². The topological polar surface area (TPSA) is 87.0 Å². The number of benzene rings is 2. The van der Waals surface area contributed by atoms with Crippen molar-refractivity contribution in [1.82, 2.24) is 10.2 Å². The molecule has 25 heavy (non-hydrogen) atoms. The minimum Gasteiger partial charge on any atom is -0.399 e. The van der Waals surface area contributed by atoms with E-state index in [1.54, 1.807) is 0 Å². The van der Waals surface area contributed by atoms with E-state index in [1.807, 2.05) is 60.7 Å². The number of nitrogen functional groups attached to an aromatic ring is 1. The molecular formula is C20H18N4O. The fraction of sp³-hybridized carbons (Fsp3) is 0.100. The number of aromatic amines is 2. The third-order valence-corrected chi connectivity index (χ3v) is 4.50. The van der Waals surface area contributed by atoms with Gasteiger partial charge >= 0.3 is 0 Å². The van der Waals surface area contributed by atoms with Gasteiger partial charge in [-0.3, -0.25) is 9.89 Å². The van der Waals surface area contributed by atoms with Crippen LogP contribution in [0.2, 0.25) is 0 Å². The Bertz CT molecular complexity index is 1100. The summed E-state index contributed by atoms with van der Waals surface area (Å²) in [6.07, 6.45) is 3.82. The molecule has 0 amide bonds. The van der Waals surface area contributed by atoms with Crippen molar-refractivity contribution in [3.63, 3.8) is 0 Å². The average molecular weight is 330 g/mol. The van der Waals surface area contributed by atoms with Gasteiger partial charge in [0.15, 0.2) is 0 Å². The molecular weight excluding hydrogens is 312 g/mol. The van der Waals surface area contributed by atoms with Gasteiger partial charge in [-0.2, -0.15) is 0 Å². The number of nitrogens with one attached hydrogen (secondary N) is 2. The van der Waals surface area contributed by atoms with Crippen molar-refractivity contribution in [1.29, 1.82) is 0 Å². The first kappa shape index (κ1) is 15.2. The summed E-state index contributed by atoms with van der Waals surface area (Å²) in [5.41, 5.74) is 9.63. The molecule has 0 spiro atoms. The van der Waals surface area contributed by atoms with E-state index in [0.29, 0.717) is 5.56 Å². The van der Waals surface area contributed by atoms with Gasteiger partial charge < -0.3 is 10.8 Å². The van der Waals surface area contributed by atoms with Crippen molar-refractivity contribution in [2.75, 3.05) is 5.73 Å². The molecule has 0 fully saturated rings. The van der Waals surface area contributed by atoms with E-state index in [4.69, 9.17) is 5.73 Å². The van der Waals surface area contributed by atoms with E-state index in [-0.39, 0.29) is 11.5 Å². The Balaban J connectivity index is 1.76. The van der Waals surface area contributed by atoms with Crippen LogP contribution in [0.4, 0.5) is 5.69 Å². The fourth-order valence-corrected chi connectivity index (χ4v) is 3.08. The molecule has 1 aliphatic rings. The zero-order chi connectivity index (χ0) is 17.4. The van der Waals surface area contributed by atoms with Crippen molar-refractivity contribution in [3.05, 3.63) is 92.0 Å². The van der Waals surface area contributed by atoms with Crippen LogP contribution in [0.3, 0.4) is 0 Å². The van der Waals surface area contributed by atoms with E-state index in [9.17, 15) is 4.79 Å². The molecule has 124 valence electrons. The molecule has 0 saturated carbocycles. The van der Waals surface area contributed by atoms with Gasteiger partial charge in [0.05, 0.1) is 22.3 Å². The molecule has 1 aliphatic heterocycles. The van der Waals surface area contributed by atoms with Crippen molar-refractivity contribution in [2.45, 2.75) is 12.8 Å². The van der Waals surface area contributed by atoms with Crippen LogP contribution < -0.4 is 21.9 Å². The summed E-state index contributed by atoms with van der Waals surface area (Å²) in [6, 6.07) is 15.6. The number of aromatic nitrogens is 2. The maximum atomic E-state index is 12.3. The molecule has 1 aromatic heterocycles. The van der Waals surface area contributed by atoms with E-state index in [1.165, 1.54) is 0 Å². The van der Waals surface area contributed by atoms with Gasteiger partial charge in [-0.25, -0.2) is 4.99 Å². The van der Waals surface area contributed by atoms with Gasteiger partial charge in [0.2, 0.25) is 0 Å². The quantitative estimate of drug-likeness (QED) is 0.641. The highest BCUT2D eigenvalue weighted by Gasteiger charge is 2.17. The van der Waals surface area contributed by atoms with Crippen LogP contribution in [0.1, 0.15) is 29.7 Å². The maximum absolute atomic E-state index is 12.3. The Morgan fingerprint density at radius 2 is 1.84 bits per heavy atom. The zero-order valence-corrected chi connectivity index (χ0v) is 13.8. The number of fused-ring (bicyclic) bond motifs is 1. The summed E-state index contributed by atoms with van der Waals surface area (Å²) in [5, 5.41) is 7.69. The lowest BCUT2D eigenvalue weighted by Gasteiger charge is -2.11. The number of allylic oxidation sites excluding steroid dienone is 1. The molecule has 2 aromatic carbocycles. The predicted octanol–water partition coefficient (Wildman–Crippen LogP) is 1.89. The van der Waals surface area contributed by atoms with Crippen LogP contribution in [-0.4, -0.2) is 10.2 Å². The number of rotatable bonds is 3. The SMILES string of the molecule is CC(c1ccc(N)cc1)c1[nH][nH]c(=O)c1C=C1C=c2ccccc2=N1. The van der Waals surface area contributed by atoms with Gasteiger partial charge in [-0.05, 0) is 35.9 Å². The van der Waals surface area contributed by atoms with E-state index in [2.05, 4.69) is 22.1 Å². The second kappa shape index (κ2) is 5.94. The zero-order valence-electron chi connectivity index (χ0n) is 13.8. The predicted molar refractivity (Wildman–Crippen MR) is 99.4 cm³/mol. The summed E-state index contributed by atoms with van der Waals surface area (Å²) in [4.78, 5) is 16.9. The number of anilines is 1. The van der Waals surface area contributed by atoms with Crippen LogP contribution in [-0.2, 0) is 0 Å². The first-order valence-corrected chi connectivity index (χ1v) is 8.15. The molecule has 4 N–H and O–H groups in total. The Kier molecular flexibility index (Phi) is 3.61. The van der Waals surface area contributed by atoms with Crippen molar-refractivity contribution in [3.8, 4) is 0 Å².